The van der Waals surface area contributed by atoms with E-state index in [0.717, 1.165) is 19.3 Å². The van der Waals surface area contributed by atoms with Crippen molar-refractivity contribution < 1.29 is 13.2 Å². The molecule has 0 bridgehead atoms. The van der Waals surface area contributed by atoms with Gasteiger partial charge in [-0.15, -0.1) is 11.3 Å². The van der Waals surface area contributed by atoms with Crippen molar-refractivity contribution in [3.63, 3.8) is 0 Å². The number of thiophene rings is 1. The van der Waals surface area contributed by atoms with Gasteiger partial charge in [0.2, 0.25) is 0 Å². The van der Waals surface area contributed by atoms with E-state index in [-0.39, 0.29) is 4.47 Å². The number of hydrogen-bond acceptors (Lipinski definition) is 1. The van der Waals surface area contributed by atoms with Gasteiger partial charge in [0.15, 0.2) is 0 Å². The van der Waals surface area contributed by atoms with E-state index < -0.39 is 11.7 Å². The molecule has 0 atom stereocenters. The monoisotopic (exact) mass is 408 g/mol. The Morgan fingerprint density at radius 1 is 0.895 bits per heavy atom. The normalized spacial score (nSPS) is 12.5. The molecular weight excluding hydrogens is 405 g/mol. The fraction of sp³-hybridized carbons (Fsp3) is 0.0769. The molecule has 0 spiro atoms. The maximum absolute atomic E-state index is 12.9. The largest absolute Gasteiger partial charge is 0.417 e. The minimum atomic E-state index is -4.35. The molecule has 1 heterocycles. The molecule has 3 rings (SSSR count). The van der Waals surface area contributed by atoms with Gasteiger partial charge >= 0.3 is 6.18 Å². The number of benzene rings is 2. The molecule has 6 heteroatoms. The van der Waals surface area contributed by atoms with Crippen LogP contribution in [0, 0.1) is 0 Å². The van der Waals surface area contributed by atoms with E-state index in [9.17, 15) is 13.2 Å². The Kier molecular flexibility index (Phi) is 3.15. The fourth-order valence-corrected chi connectivity index (χ4v) is 4.39. The van der Waals surface area contributed by atoms with Crippen LogP contribution in [0.15, 0.2) is 39.3 Å². The highest BCUT2D eigenvalue weighted by Crippen LogP contribution is 2.42. The third kappa shape index (κ3) is 2.30. The summed E-state index contributed by atoms with van der Waals surface area (Å²) in [6, 6.07) is 8.35. The van der Waals surface area contributed by atoms with E-state index >= 15 is 0 Å². The Morgan fingerprint density at radius 3 is 2.26 bits per heavy atom. The molecule has 0 unspecified atom stereocenters. The van der Waals surface area contributed by atoms with Crippen molar-refractivity contribution in [2.24, 2.45) is 0 Å². The zero-order valence-corrected chi connectivity index (χ0v) is 13.2. The predicted molar refractivity (Wildman–Crippen MR) is 79.7 cm³/mol. The van der Waals surface area contributed by atoms with E-state index in [2.05, 4.69) is 31.9 Å². The van der Waals surface area contributed by atoms with Gasteiger partial charge in [0.05, 0.1) is 5.56 Å². The molecule has 0 N–H and O–H groups in total. The molecular formula is C13H5Br2F3S. The smallest absolute Gasteiger partial charge is 0.166 e. The van der Waals surface area contributed by atoms with Crippen LogP contribution in [0.4, 0.5) is 13.2 Å². The van der Waals surface area contributed by atoms with Gasteiger partial charge in [-0.1, -0.05) is 37.9 Å². The molecule has 0 aliphatic heterocycles. The van der Waals surface area contributed by atoms with E-state index in [1.165, 1.54) is 23.5 Å². The van der Waals surface area contributed by atoms with Crippen molar-refractivity contribution in [1.29, 1.82) is 0 Å². The van der Waals surface area contributed by atoms with Crippen LogP contribution in [-0.4, -0.2) is 0 Å². The molecule has 98 valence electrons. The standard InChI is InChI=1S/C13H5Br2F3S/c14-6-1-2-7-8-4-9(13(16,17)18)10(15)5-12(8)19-11(7)3-6/h1-5H. The lowest BCUT2D eigenvalue weighted by atomic mass is 10.1. The van der Waals surface area contributed by atoms with Gasteiger partial charge in [-0.05, 0) is 24.3 Å². The molecule has 0 radical (unpaired) electrons. The Labute approximate surface area is 127 Å². The lowest BCUT2D eigenvalue weighted by Crippen LogP contribution is -2.05. The Bertz CT molecular complexity index is 790. The number of fused-ring (bicyclic) bond motifs is 3. The maximum Gasteiger partial charge on any atom is 0.417 e. The summed E-state index contributed by atoms with van der Waals surface area (Å²) in [5, 5.41) is 1.49. The predicted octanol–water partition coefficient (Wildman–Crippen LogP) is 6.60. The minimum Gasteiger partial charge on any atom is -0.166 e. The number of rotatable bonds is 0. The van der Waals surface area contributed by atoms with Crippen LogP contribution in [0.5, 0.6) is 0 Å². The molecule has 0 aliphatic carbocycles. The van der Waals surface area contributed by atoms with Gasteiger partial charge in [0, 0.05) is 29.1 Å². The maximum atomic E-state index is 12.9. The summed E-state index contributed by atoms with van der Waals surface area (Å²) >= 11 is 7.85. The summed E-state index contributed by atoms with van der Waals surface area (Å²) < 4.78 is 41.5. The van der Waals surface area contributed by atoms with Gasteiger partial charge < -0.3 is 0 Å². The molecule has 0 saturated heterocycles. The van der Waals surface area contributed by atoms with Crippen molar-refractivity contribution >= 4 is 63.4 Å². The first-order valence-electron chi connectivity index (χ1n) is 5.25. The average molecular weight is 410 g/mol. The first kappa shape index (κ1) is 13.4. The highest BCUT2D eigenvalue weighted by molar-refractivity contribution is 9.10. The van der Waals surface area contributed by atoms with Crippen molar-refractivity contribution in [1.82, 2.24) is 0 Å². The van der Waals surface area contributed by atoms with Gasteiger partial charge in [-0.3, -0.25) is 0 Å². The second-order valence-electron chi connectivity index (χ2n) is 4.07. The molecule has 0 fully saturated rings. The summed E-state index contributed by atoms with van der Waals surface area (Å²) in [5.74, 6) is 0. The SMILES string of the molecule is FC(F)(F)c1cc2c(cc1Br)sc1cc(Br)ccc12. The van der Waals surface area contributed by atoms with Crippen LogP contribution in [0.25, 0.3) is 20.2 Å². The Hall–Kier alpha value is -0.590. The lowest BCUT2D eigenvalue weighted by Gasteiger charge is -2.09. The third-order valence-corrected chi connectivity index (χ3v) is 5.09. The van der Waals surface area contributed by atoms with Gasteiger partial charge in [0.25, 0.3) is 0 Å². The summed E-state index contributed by atoms with van der Waals surface area (Å²) in [4.78, 5) is 0. The molecule has 3 aromatic rings. The number of alkyl halides is 3. The van der Waals surface area contributed by atoms with Gasteiger partial charge in [-0.2, -0.15) is 13.2 Å². The first-order chi connectivity index (χ1) is 8.86. The van der Waals surface area contributed by atoms with E-state index in [1.807, 2.05) is 18.2 Å². The quantitative estimate of drug-likeness (QED) is 0.392. The molecule has 19 heavy (non-hydrogen) atoms. The Morgan fingerprint density at radius 2 is 1.58 bits per heavy atom. The minimum absolute atomic E-state index is 0.0816. The molecule has 0 aliphatic rings. The summed E-state index contributed by atoms with van der Waals surface area (Å²) in [7, 11) is 0. The van der Waals surface area contributed by atoms with Crippen LogP contribution in [0.2, 0.25) is 0 Å². The van der Waals surface area contributed by atoms with E-state index in [4.69, 9.17) is 0 Å². The number of halogens is 5. The van der Waals surface area contributed by atoms with Gasteiger partial charge in [-0.25, -0.2) is 0 Å². The zero-order valence-electron chi connectivity index (χ0n) is 9.18. The summed E-state index contributed by atoms with van der Waals surface area (Å²) in [6.45, 7) is 0. The molecule has 2 aromatic carbocycles. The van der Waals surface area contributed by atoms with Crippen molar-refractivity contribution in [3.05, 3.63) is 44.8 Å². The lowest BCUT2D eigenvalue weighted by molar-refractivity contribution is -0.138. The van der Waals surface area contributed by atoms with Crippen molar-refractivity contribution in [2.45, 2.75) is 6.18 Å². The second-order valence-corrected chi connectivity index (χ2v) is 6.92. The van der Waals surface area contributed by atoms with Crippen molar-refractivity contribution in [2.75, 3.05) is 0 Å². The summed E-state index contributed by atoms with van der Waals surface area (Å²) in [6.07, 6.45) is -4.35. The third-order valence-electron chi connectivity index (χ3n) is 2.83. The molecule has 0 amide bonds. The molecule has 1 aromatic heterocycles. The first-order valence-corrected chi connectivity index (χ1v) is 7.65. The molecule has 0 saturated carbocycles. The van der Waals surface area contributed by atoms with Crippen LogP contribution < -0.4 is 0 Å². The van der Waals surface area contributed by atoms with Crippen molar-refractivity contribution in [3.8, 4) is 0 Å². The van der Waals surface area contributed by atoms with E-state index in [0.29, 0.717) is 5.39 Å². The molecule has 0 nitrogen and oxygen atoms in total. The van der Waals surface area contributed by atoms with E-state index in [1.54, 1.807) is 0 Å². The number of hydrogen-bond donors (Lipinski definition) is 0. The van der Waals surface area contributed by atoms with Crippen LogP contribution in [-0.2, 0) is 6.18 Å². The van der Waals surface area contributed by atoms with Crippen LogP contribution >= 0.6 is 43.2 Å². The highest BCUT2D eigenvalue weighted by atomic mass is 79.9. The second kappa shape index (κ2) is 4.46. The van der Waals surface area contributed by atoms with Crippen LogP contribution in [0.1, 0.15) is 5.56 Å². The van der Waals surface area contributed by atoms with Gasteiger partial charge in [0.1, 0.15) is 0 Å². The van der Waals surface area contributed by atoms with Crippen LogP contribution in [0.3, 0.4) is 0 Å². The highest BCUT2D eigenvalue weighted by Gasteiger charge is 2.33. The zero-order chi connectivity index (χ0) is 13.8. The Balaban J connectivity index is 2.41. The summed E-state index contributed by atoms with van der Waals surface area (Å²) in [5.41, 5.74) is -0.636. The fourth-order valence-electron chi connectivity index (χ4n) is 1.99. The topological polar surface area (TPSA) is 0 Å². The average Bonchev–Trinajstić information content (AvgIpc) is 2.62.